The molecule has 0 aliphatic rings. The molecule has 1 unspecified atom stereocenters. The number of hydrogen-bond donors (Lipinski definition) is 1. The number of rotatable bonds is 5. The van der Waals surface area contributed by atoms with Gasteiger partial charge in [0.2, 0.25) is 0 Å². The lowest BCUT2D eigenvalue weighted by atomic mass is 10.1. The summed E-state index contributed by atoms with van der Waals surface area (Å²) >= 11 is 1.76. The Morgan fingerprint density at radius 3 is 2.81 bits per heavy atom. The first-order valence-corrected chi connectivity index (χ1v) is 6.45. The summed E-state index contributed by atoms with van der Waals surface area (Å²) in [6.07, 6.45) is 4.78. The topological polar surface area (TPSA) is 24.9 Å². The molecule has 2 aromatic rings. The van der Waals surface area contributed by atoms with Gasteiger partial charge in [0.15, 0.2) is 0 Å². The van der Waals surface area contributed by atoms with Crippen molar-refractivity contribution >= 4 is 11.3 Å². The van der Waals surface area contributed by atoms with Gasteiger partial charge in [-0.05, 0) is 60.0 Å². The van der Waals surface area contributed by atoms with E-state index in [1.54, 1.807) is 11.3 Å². The van der Waals surface area contributed by atoms with Gasteiger partial charge >= 0.3 is 0 Å². The van der Waals surface area contributed by atoms with E-state index in [2.05, 4.69) is 46.2 Å². The maximum absolute atomic E-state index is 4.02. The Labute approximate surface area is 100 Å². The van der Waals surface area contributed by atoms with Crippen LogP contribution in [-0.4, -0.2) is 11.5 Å². The zero-order chi connectivity index (χ0) is 11.2. The lowest BCUT2D eigenvalue weighted by Crippen LogP contribution is -2.21. The third-order valence-corrected chi connectivity index (χ3v) is 3.38. The Morgan fingerprint density at radius 1 is 1.31 bits per heavy atom. The molecule has 2 rings (SSSR count). The number of aromatic nitrogens is 1. The van der Waals surface area contributed by atoms with Gasteiger partial charge in [0.05, 0.1) is 0 Å². The van der Waals surface area contributed by atoms with E-state index in [-0.39, 0.29) is 0 Å². The minimum Gasteiger partial charge on any atom is -0.310 e. The van der Waals surface area contributed by atoms with E-state index in [1.165, 1.54) is 11.1 Å². The molecular formula is C13H16N2S. The second-order valence-corrected chi connectivity index (χ2v) is 4.62. The highest BCUT2D eigenvalue weighted by Crippen LogP contribution is 2.11. The van der Waals surface area contributed by atoms with E-state index in [9.17, 15) is 0 Å². The quantitative estimate of drug-likeness (QED) is 0.857. The molecule has 0 radical (unpaired) electrons. The van der Waals surface area contributed by atoms with Crippen LogP contribution in [0, 0.1) is 0 Å². The maximum atomic E-state index is 4.02. The second kappa shape index (κ2) is 5.77. The van der Waals surface area contributed by atoms with Gasteiger partial charge < -0.3 is 5.32 Å². The fraction of sp³-hybridized carbons (Fsp3) is 0.308. The highest BCUT2D eigenvalue weighted by atomic mass is 32.1. The van der Waals surface area contributed by atoms with Crippen molar-refractivity contribution in [1.82, 2.24) is 10.3 Å². The van der Waals surface area contributed by atoms with Gasteiger partial charge in [-0.1, -0.05) is 0 Å². The summed E-state index contributed by atoms with van der Waals surface area (Å²) in [6.45, 7) is 3.20. The molecule has 2 nitrogen and oxygen atoms in total. The number of nitrogens with one attached hydrogen (secondary N) is 1. The van der Waals surface area contributed by atoms with Crippen molar-refractivity contribution in [2.75, 3.05) is 6.54 Å². The van der Waals surface area contributed by atoms with Crippen molar-refractivity contribution < 1.29 is 0 Å². The summed E-state index contributed by atoms with van der Waals surface area (Å²) in [5.41, 5.74) is 2.71. The Hall–Kier alpha value is -1.19. The fourth-order valence-corrected chi connectivity index (χ4v) is 2.34. The maximum Gasteiger partial charge on any atom is 0.0293 e. The predicted octanol–water partition coefficient (Wildman–Crippen LogP) is 3.04. The van der Waals surface area contributed by atoms with Crippen molar-refractivity contribution in [1.29, 1.82) is 0 Å². The van der Waals surface area contributed by atoms with Crippen LogP contribution in [0.4, 0.5) is 0 Å². The predicted molar refractivity (Wildman–Crippen MR) is 68.7 cm³/mol. The van der Waals surface area contributed by atoms with Crippen LogP contribution >= 0.6 is 11.3 Å². The third-order valence-electron chi connectivity index (χ3n) is 2.65. The van der Waals surface area contributed by atoms with E-state index >= 15 is 0 Å². The highest BCUT2D eigenvalue weighted by molar-refractivity contribution is 7.07. The van der Waals surface area contributed by atoms with Crippen LogP contribution in [0.1, 0.15) is 24.1 Å². The molecule has 0 bridgehead atoms. The first kappa shape index (κ1) is 11.3. The van der Waals surface area contributed by atoms with Crippen LogP contribution in [0.3, 0.4) is 0 Å². The smallest absolute Gasteiger partial charge is 0.0293 e. The van der Waals surface area contributed by atoms with Gasteiger partial charge in [-0.2, -0.15) is 11.3 Å². The summed E-state index contributed by atoms with van der Waals surface area (Å²) in [7, 11) is 0. The standard InChI is InChI=1S/C13H16N2S/c1-11(13-3-6-14-7-4-13)15-8-2-12-5-9-16-10-12/h3-7,9-11,15H,2,8H2,1H3. The van der Waals surface area contributed by atoms with Gasteiger partial charge in [0.1, 0.15) is 0 Å². The lowest BCUT2D eigenvalue weighted by molar-refractivity contribution is 0.576. The van der Waals surface area contributed by atoms with Crippen molar-refractivity contribution in [3.05, 3.63) is 52.5 Å². The molecule has 0 saturated heterocycles. The van der Waals surface area contributed by atoms with E-state index in [0.717, 1.165) is 13.0 Å². The Kier molecular flexibility index (Phi) is 4.08. The van der Waals surface area contributed by atoms with Crippen LogP contribution in [0.2, 0.25) is 0 Å². The molecule has 0 aliphatic heterocycles. The van der Waals surface area contributed by atoms with Crippen LogP contribution < -0.4 is 5.32 Å². The molecule has 1 atom stereocenters. The fourth-order valence-electron chi connectivity index (χ4n) is 1.64. The minimum absolute atomic E-state index is 0.390. The van der Waals surface area contributed by atoms with Crippen LogP contribution in [0.25, 0.3) is 0 Å². The normalized spacial score (nSPS) is 12.6. The molecule has 1 N–H and O–H groups in total. The van der Waals surface area contributed by atoms with E-state index in [1.807, 2.05) is 12.4 Å². The van der Waals surface area contributed by atoms with Crippen molar-refractivity contribution in [3.63, 3.8) is 0 Å². The largest absolute Gasteiger partial charge is 0.310 e. The summed E-state index contributed by atoms with van der Waals surface area (Å²) in [5, 5.41) is 7.85. The Balaban J connectivity index is 1.78. The SMILES string of the molecule is CC(NCCc1ccsc1)c1ccncc1. The van der Waals surface area contributed by atoms with E-state index < -0.39 is 0 Å². The molecule has 84 valence electrons. The molecule has 0 saturated carbocycles. The average Bonchev–Trinajstić information content (AvgIpc) is 2.83. The molecule has 16 heavy (non-hydrogen) atoms. The molecule has 0 fully saturated rings. The van der Waals surface area contributed by atoms with Crippen molar-refractivity contribution in [3.8, 4) is 0 Å². The molecule has 2 aromatic heterocycles. The van der Waals surface area contributed by atoms with Crippen LogP contribution in [0.15, 0.2) is 41.4 Å². The molecular weight excluding hydrogens is 216 g/mol. The average molecular weight is 232 g/mol. The molecule has 0 amide bonds. The first-order valence-electron chi connectivity index (χ1n) is 5.50. The van der Waals surface area contributed by atoms with Gasteiger partial charge in [0, 0.05) is 18.4 Å². The Bertz CT molecular complexity index is 397. The van der Waals surface area contributed by atoms with Gasteiger partial charge in [-0.25, -0.2) is 0 Å². The van der Waals surface area contributed by atoms with Crippen molar-refractivity contribution in [2.24, 2.45) is 0 Å². The second-order valence-electron chi connectivity index (χ2n) is 3.84. The zero-order valence-electron chi connectivity index (χ0n) is 9.39. The molecule has 0 aromatic carbocycles. The summed E-state index contributed by atoms with van der Waals surface area (Å²) in [5.74, 6) is 0. The third kappa shape index (κ3) is 3.15. The summed E-state index contributed by atoms with van der Waals surface area (Å²) in [4.78, 5) is 4.02. The zero-order valence-corrected chi connectivity index (χ0v) is 10.2. The first-order chi connectivity index (χ1) is 7.86. The molecule has 3 heteroatoms. The lowest BCUT2D eigenvalue weighted by Gasteiger charge is -2.13. The number of thiophene rings is 1. The summed E-state index contributed by atoms with van der Waals surface area (Å²) in [6, 6.07) is 6.69. The van der Waals surface area contributed by atoms with Gasteiger partial charge in [-0.15, -0.1) is 0 Å². The minimum atomic E-state index is 0.390. The van der Waals surface area contributed by atoms with Gasteiger partial charge in [-0.3, -0.25) is 4.98 Å². The van der Waals surface area contributed by atoms with Crippen molar-refractivity contribution in [2.45, 2.75) is 19.4 Å². The van der Waals surface area contributed by atoms with E-state index in [0.29, 0.717) is 6.04 Å². The molecule has 0 aliphatic carbocycles. The number of pyridine rings is 1. The molecule has 0 spiro atoms. The summed E-state index contributed by atoms with van der Waals surface area (Å²) < 4.78 is 0. The number of hydrogen-bond acceptors (Lipinski definition) is 3. The van der Waals surface area contributed by atoms with Gasteiger partial charge in [0.25, 0.3) is 0 Å². The monoisotopic (exact) mass is 232 g/mol. The van der Waals surface area contributed by atoms with E-state index in [4.69, 9.17) is 0 Å². The highest BCUT2D eigenvalue weighted by Gasteiger charge is 2.03. The Morgan fingerprint density at radius 2 is 2.12 bits per heavy atom. The van der Waals surface area contributed by atoms with Crippen LogP contribution in [0.5, 0.6) is 0 Å². The molecule has 2 heterocycles. The van der Waals surface area contributed by atoms with Crippen LogP contribution in [-0.2, 0) is 6.42 Å². The number of nitrogens with zero attached hydrogens (tertiary/aromatic N) is 1.